The van der Waals surface area contributed by atoms with Crippen LogP contribution in [-0.2, 0) is 22.6 Å². The van der Waals surface area contributed by atoms with E-state index in [1.165, 1.54) is 24.1 Å². The fourth-order valence-electron chi connectivity index (χ4n) is 4.18. The van der Waals surface area contributed by atoms with Gasteiger partial charge >= 0.3 is 12.0 Å². The van der Waals surface area contributed by atoms with Gasteiger partial charge in [0.25, 0.3) is 0 Å². The van der Waals surface area contributed by atoms with E-state index in [4.69, 9.17) is 4.74 Å². The molecule has 3 amide bonds. The van der Waals surface area contributed by atoms with Gasteiger partial charge in [-0.3, -0.25) is 9.69 Å². The fourth-order valence-corrected chi connectivity index (χ4v) is 4.18. The summed E-state index contributed by atoms with van der Waals surface area (Å²) in [5, 5.41) is 3.26. The number of urea groups is 1. The molecule has 0 aliphatic carbocycles. The van der Waals surface area contributed by atoms with E-state index in [1.54, 1.807) is 41.3 Å². The zero-order chi connectivity index (χ0) is 22.0. The molecule has 0 aromatic heterocycles. The van der Waals surface area contributed by atoms with Gasteiger partial charge in [-0.1, -0.05) is 24.3 Å². The van der Waals surface area contributed by atoms with E-state index in [2.05, 4.69) is 5.32 Å². The summed E-state index contributed by atoms with van der Waals surface area (Å²) in [6.07, 6.45) is 1.61. The first-order valence-electron chi connectivity index (χ1n) is 10.2. The summed E-state index contributed by atoms with van der Waals surface area (Å²) in [6, 6.07) is 11.6. The number of carbonyl (C=O) groups is 3. The fraction of sp³-hybridized carbons (Fsp3) is 0.348. The zero-order valence-electron chi connectivity index (χ0n) is 17.2. The average Bonchev–Trinajstić information content (AvgIpc) is 2.80. The minimum Gasteiger partial charge on any atom is -0.465 e. The monoisotopic (exact) mass is 425 g/mol. The van der Waals surface area contributed by atoms with Gasteiger partial charge in [-0.05, 0) is 54.8 Å². The Balaban J connectivity index is 1.58. The van der Waals surface area contributed by atoms with E-state index in [-0.39, 0.29) is 30.3 Å². The number of methoxy groups -OCH3 is 1. The Morgan fingerprint density at radius 1 is 1.06 bits per heavy atom. The standard InChI is InChI=1S/C23H24FN3O4/c1-31-22(29)17-8-4-15(5-9-17)13-26-19-3-2-12-25-20(19)21(28)27(23(26)30)14-16-6-10-18(24)11-7-16/h4-11,19-20,25H,2-3,12-14H2,1H3. The number of amides is 3. The van der Waals surface area contributed by atoms with E-state index < -0.39 is 12.0 Å². The van der Waals surface area contributed by atoms with Gasteiger partial charge in [-0.25, -0.2) is 14.0 Å². The summed E-state index contributed by atoms with van der Waals surface area (Å²) >= 11 is 0. The van der Waals surface area contributed by atoms with Crippen LogP contribution in [0, 0.1) is 5.82 Å². The zero-order valence-corrected chi connectivity index (χ0v) is 17.2. The number of hydrogen-bond acceptors (Lipinski definition) is 5. The summed E-state index contributed by atoms with van der Waals surface area (Å²) < 4.78 is 18.0. The molecular formula is C23H24FN3O4. The number of nitrogens with one attached hydrogen (secondary N) is 1. The second kappa shape index (κ2) is 8.85. The van der Waals surface area contributed by atoms with Crippen LogP contribution in [0.3, 0.4) is 0 Å². The summed E-state index contributed by atoms with van der Waals surface area (Å²) in [5.41, 5.74) is 1.96. The second-order valence-corrected chi connectivity index (χ2v) is 7.79. The Morgan fingerprint density at radius 2 is 1.71 bits per heavy atom. The second-order valence-electron chi connectivity index (χ2n) is 7.79. The number of halogens is 1. The van der Waals surface area contributed by atoms with Crippen molar-refractivity contribution in [3.63, 3.8) is 0 Å². The van der Waals surface area contributed by atoms with Crippen molar-refractivity contribution in [1.29, 1.82) is 0 Å². The first kappa shape index (κ1) is 21.0. The molecule has 2 unspecified atom stereocenters. The molecule has 7 nitrogen and oxygen atoms in total. The Morgan fingerprint density at radius 3 is 2.39 bits per heavy atom. The van der Waals surface area contributed by atoms with Crippen molar-refractivity contribution in [2.45, 2.75) is 38.0 Å². The van der Waals surface area contributed by atoms with Gasteiger partial charge in [0.15, 0.2) is 0 Å². The van der Waals surface area contributed by atoms with Gasteiger partial charge in [0, 0.05) is 6.54 Å². The molecule has 0 saturated carbocycles. The Hall–Kier alpha value is -3.26. The lowest BCUT2D eigenvalue weighted by Crippen LogP contribution is -2.68. The van der Waals surface area contributed by atoms with Gasteiger partial charge in [-0.15, -0.1) is 0 Å². The SMILES string of the molecule is COC(=O)c1ccc(CN2C(=O)N(Cc3ccc(F)cc3)C(=O)C3NCCCC32)cc1. The predicted molar refractivity (Wildman–Crippen MR) is 110 cm³/mol. The smallest absolute Gasteiger partial charge is 0.337 e. The molecule has 162 valence electrons. The van der Waals surface area contributed by atoms with Crippen molar-refractivity contribution in [2.24, 2.45) is 0 Å². The van der Waals surface area contributed by atoms with Crippen molar-refractivity contribution in [3.05, 3.63) is 71.0 Å². The molecule has 0 radical (unpaired) electrons. The maximum absolute atomic E-state index is 13.3. The molecule has 2 aliphatic heterocycles. The number of ether oxygens (including phenoxy) is 1. The van der Waals surface area contributed by atoms with Crippen LogP contribution in [0.2, 0.25) is 0 Å². The molecule has 2 saturated heterocycles. The van der Waals surface area contributed by atoms with Crippen LogP contribution < -0.4 is 5.32 Å². The number of nitrogens with zero attached hydrogens (tertiary/aromatic N) is 2. The lowest BCUT2D eigenvalue weighted by molar-refractivity contribution is -0.137. The number of carbonyl (C=O) groups excluding carboxylic acids is 3. The average molecular weight is 425 g/mol. The van der Waals surface area contributed by atoms with Crippen LogP contribution in [0.15, 0.2) is 48.5 Å². The highest BCUT2D eigenvalue weighted by Crippen LogP contribution is 2.27. The van der Waals surface area contributed by atoms with Gasteiger partial charge in [-0.2, -0.15) is 0 Å². The molecule has 2 atom stereocenters. The number of benzene rings is 2. The molecule has 0 spiro atoms. The van der Waals surface area contributed by atoms with Crippen LogP contribution in [0.5, 0.6) is 0 Å². The molecule has 8 heteroatoms. The van der Waals surface area contributed by atoms with E-state index in [0.29, 0.717) is 24.2 Å². The number of piperidine rings is 1. The van der Waals surface area contributed by atoms with Crippen LogP contribution in [0.4, 0.5) is 9.18 Å². The minimum absolute atomic E-state index is 0.0840. The maximum atomic E-state index is 13.3. The molecule has 4 rings (SSSR count). The first-order valence-corrected chi connectivity index (χ1v) is 10.2. The maximum Gasteiger partial charge on any atom is 0.337 e. The summed E-state index contributed by atoms with van der Waals surface area (Å²) in [6.45, 7) is 1.12. The number of esters is 1. The normalized spacial score (nSPS) is 21.1. The molecule has 2 aliphatic rings. The Labute approximate surface area is 179 Å². The van der Waals surface area contributed by atoms with Crippen LogP contribution >= 0.6 is 0 Å². The van der Waals surface area contributed by atoms with E-state index in [0.717, 1.165) is 18.4 Å². The third-order valence-electron chi connectivity index (χ3n) is 5.82. The first-order chi connectivity index (χ1) is 15.0. The molecule has 2 aromatic carbocycles. The largest absolute Gasteiger partial charge is 0.465 e. The third-order valence-corrected chi connectivity index (χ3v) is 5.82. The number of fused-ring (bicyclic) bond motifs is 1. The van der Waals surface area contributed by atoms with Gasteiger partial charge in [0.2, 0.25) is 5.91 Å². The van der Waals surface area contributed by atoms with Crippen LogP contribution in [-0.4, -0.2) is 53.4 Å². The van der Waals surface area contributed by atoms with E-state index in [9.17, 15) is 18.8 Å². The molecule has 31 heavy (non-hydrogen) atoms. The quantitative estimate of drug-likeness (QED) is 0.746. The molecule has 1 N–H and O–H groups in total. The number of hydrogen-bond donors (Lipinski definition) is 1. The van der Waals surface area contributed by atoms with Crippen LogP contribution in [0.25, 0.3) is 0 Å². The highest BCUT2D eigenvalue weighted by Gasteiger charge is 2.46. The third kappa shape index (κ3) is 4.29. The lowest BCUT2D eigenvalue weighted by Gasteiger charge is -2.47. The minimum atomic E-state index is -0.471. The molecule has 2 fully saturated rings. The number of imide groups is 1. The van der Waals surface area contributed by atoms with E-state index >= 15 is 0 Å². The molecule has 2 heterocycles. The summed E-state index contributed by atoms with van der Waals surface area (Å²) in [4.78, 5) is 41.0. The van der Waals surface area contributed by atoms with Crippen LogP contribution in [0.1, 0.15) is 34.3 Å². The molecular weight excluding hydrogens is 401 g/mol. The van der Waals surface area contributed by atoms with Crippen molar-refractivity contribution in [2.75, 3.05) is 13.7 Å². The summed E-state index contributed by atoms with van der Waals surface area (Å²) in [5.74, 6) is -1.05. The topological polar surface area (TPSA) is 79.0 Å². The van der Waals surface area contributed by atoms with Gasteiger partial charge < -0.3 is 15.0 Å². The molecule has 0 bridgehead atoms. The summed E-state index contributed by atoms with van der Waals surface area (Å²) in [7, 11) is 1.32. The highest BCUT2D eigenvalue weighted by atomic mass is 19.1. The van der Waals surface area contributed by atoms with Gasteiger partial charge in [0.1, 0.15) is 11.9 Å². The van der Waals surface area contributed by atoms with Crippen molar-refractivity contribution in [3.8, 4) is 0 Å². The van der Waals surface area contributed by atoms with Crippen molar-refractivity contribution in [1.82, 2.24) is 15.1 Å². The number of rotatable bonds is 5. The van der Waals surface area contributed by atoms with Crippen molar-refractivity contribution >= 4 is 17.9 Å². The van der Waals surface area contributed by atoms with Gasteiger partial charge in [0.05, 0.1) is 25.3 Å². The van der Waals surface area contributed by atoms with E-state index in [1.807, 2.05) is 0 Å². The highest BCUT2D eigenvalue weighted by molar-refractivity contribution is 6.00. The Bertz CT molecular complexity index is 977. The Kier molecular flexibility index (Phi) is 5.99. The lowest BCUT2D eigenvalue weighted by atomic mass is 9.92. The molecule has 2 aromatic rings. The predicted octanol–water partition coefficient (Wildman–Crippen LogP) is 2.70. The van der Waals surface area contributed by atoms with Crippen molar-refractivity contribution < 1.29 is 23.5 Å².